The molecule has 0 aliphatic rings. The average molecular weight is 310 g/mol. The van der Waals surface area contributed by atoms with Gasteiger partial charge in [0, 0.05) is 19.3 Å². The van der Waals surface area contributed by atoms with Crippen molar-refractivity contribution in [3.8, 4) is 0 Å². The molecule has 7 heteroatoms. The second-order valence-corrected chi connectivity index (χ2v) is 7.05. The zero-order valence-corrected chi connectivity index (χ0v) is 13.4. The predicted octanol–water partition coefficient (Wildman–Crippen LogP) is 2.09. The highest BCUT2D eigenvalue weighted by Crippen LogP contribution is 2.22. The Balaban J connectivity index is 2.48. The summed E-state index contributed by atoms with van der Waals surface area (Å²) in [5.41, 5.74) is 0.612. The third-order valence-corrected chi connectivity index (χ3v) is 4.41. The largest absolute Gasteiger partial charge is 0.368 e. The molecule has 21 heavy (non-hydrogen) atoms. The van der Waals surface area contributed by atoms with Gasteiger partial charge < -0.3 is 5.32 Å². The lowest BCUT2D eigenvalue weighted by atomic mass is 10.2. The number of anilines is 1. The molecule has 0 saturated heterocycles. The molecule has 0 saturated carbocycles. The van der Waals surface area contributed by atoms with E-state index >= 15 is 0 Å². The molecule has 0 atom stereocenters. The maximum Gasteiger partial charge on any atom is 0.260 e. The monoisotopic (exact) mass is 310 g/mol. The van der Waals surface area contributed by atoms with Gasteiger partial charge in [-0.05, 0) is 24.5 Å². The highest BCUT2D eigenvalue weighted by Gasteiger charge is 2.24. The molecular formula is C14H22N4O2S. The number of aromatic nitrogens is 2. The van der Waals surface area contributed by atoms with Crippen LogP contribution < -0.4 is 10.0 Å². The number of imidazole rings is 1. The average Bonchev–Trinajstić information content (AvgIpc) is 2.82. The van der Waals surface area contributed by atoms with Gasteiger partial charge in [0.05, 0.1) is 0 Å². The summed E-state index contributed by atoms with van der Waals surface area (Å²) < 4.78 is 29.4. The van der Waals surface area contributed by atoms with Crippen molar-refractivity contribution in [3.63, 3.8) is 0 Å². The third-order valence-electron chi connectivity index (χ3n) is 2.96. The predicted molar refractivity (Wildman–Crippen MR) is 84.0 cm³/mol. The van der Waals surface area contributed by atoms with Crippen molar-refractivity contribution in [1.29, 1.82) is 0 Å². The van der Waals surface area contributed by atoms with Crippen LogP contribution in [0.25, 0.3) is 5.65 Å². The molecule has 0 aliphatic carbocycles. The molecule has 0 fully saturated rings. The Bertz CT molecular complexity index is 707. The van der Waals surface area contributed by atoms with Gasteiger partial charge >= 0.3 is 0 Å². The molecule has 0 aliphatic heterocycles. The van der Waals surface area contributed by atoms with Crippen LogP contribution >= 0.6 is 0 Å². The summed E-state index contributed by atoms with van der Waals surface area (Å²) in [4.78, 5) is 4.38. The smallest absolute Gasteiger partial charge is 0.260 e. The van der Waals surface area contributed by atoms with Crippen LogP contribution in [0.4, 0.5) is 5.82 Å². The molecule has 2 rings (SSSR count). The van der Waals surface area contributed by atoms with Crippen LogP contribution in [0.3, 0.4) is 0 Å². The van der Waals surface area contributed by atoms with E-state index in [1.54, 1.807) is 22.7 Å². The lowest BCUT2D eigenvalue weighted by Gasteiger charge is -2.10. The Morgan fingerprint density at radius 1 is 1.33 bits per heavy atom. The molecule has 6 nitrogen and oxygen atoms in total. The molecule has 116 valence electrons. The van der Waals surface area contributed by atoms with E-state index in [-0.39, 0.29) is 10.9 Å². The van der Waals surface area contributed by atoms with E-state index in [2.05, 4.69) is 15.0 Å². The number of nitrogens with zero attached hydrogens (tertiary/aromatic N) is 2. The van der Waals surface area contributed by atoms with Gasteiger partial charge in [0.1, 0.15) is 5.65 Å². The minimum Gasteiger partial charge on any atom is -0.368 e. The number of hydrogen-bond donors (Lipinski definition) is 2. The molecular weight excluding hydrogens is 288 g/mol. The topological polar surface area (TPSA) is 75.5 Å². The second kappa shape index (κ2) is 6.44. The maximum atomic E-state index is 12.6. The van der Waals surface area contributed by atoms with Crippen molar-refractivity contribution < 1.29 is 8.42 Å². The Hall–Kier alpha value is -1.60. The van der Waals surface area contributed by atoms with Crippen LogP contribution in [0.2, 0.25) is 0 Å². The first-order valence-electron chi connectivity index (χ1n) is 7.16. The number of hydrogen-bond acceptors (Lipinski definition) is 4. The highest BCUT2D eigenvalue weighted by molar-refractivity contribution is 7.89. The van der Waals surface area contributed by atoms with Crippen molar-refractivity contribution >= 4 is 21.5 Å². The van der Waals surface area contributed by atoms with E-state index in [1.807, 2.05) is 26.8 Å². The van der Waals surface area contributed by atoms with Crippen molar-refractivity contribution in [1.82, 2.24) is 14.1 Å². The van der Waals surface area contributed by atoms with Crippen LogP contribution in [0, 0.1) is 5.92 Å². The number of rotatable bonds is 7. The lowest BCUT2D eigenvalue weighted by molar-refractivity contribution is 0.556. The Kier molecular flexibility index (Phi) is 4.84. The Labute approximate surface area is 125 Å². The fourth-order valence-corrected chi connectivity index (χ4v) is 3.41. The second-order valence-electron chi connectivity index (χ2n) is 5.37. The maximum absolute atomic E-state index is 12.6. The van der Waals surface area contributed by atoms with Crippen LogP contribution in [0.5, 0.6) is 0 Å². The molecule has 0 spiro atoms. The Morgan fingerprint density at radius 2 is 2.10 bits per heavy atom. The number of pyridine rings is 1. The van der Waals surface area contributed by atoms with Gasteiger partial charge in [0.25, 0.3) is 10.0 Å². The van der Waals surface area contributed by atoms with Gasteiger partial charge in [-0.25, -0.2) is 18.1 Å². The summed E-state index contributed by atoms with van der Waals surface area (Å²) in [6, 6.07) is 5.42. The summed E-state index contributed by atoms with van der Waals surface area (Å²) in [5, 5.41) is 3.27. The molecule has 2 heterocycles. The lowest BCUT2D eigenvalue weighted by Crippen LogP contribution is -2.29. The van der Waals surface area contributed by atoms with Crippen molar-refractivity contribution in [2.45, 2.75) is 32.2 Å². The molecule has 0 unspecified atom stereocenters. The Morgan fingerprint density at radius 3 is 2.76 bits per heavy atom. The normalized spacial score (nSPS) is 12.2. The van der Waals surface area contributed by atoms with E-state index in [0.717, 1.165) is 6.42 Å². The van der Waals surface area contributed by atoms with Crippen molar-refractivity contribution in [2.75, 3.05) is 18.4 Å². The quantitative estimate of drug-likeness (QED) is 0.821. The van der Waals surface area contributed by atoms with E-state index < -0.39 is 10.0 Å². The molecule has 2 N–H and O–H groups in total. The van der Waals surface area contributed by atoms with Gasteiger partial charge in [0.2, 0.25) is 0 Å². The third kappa shape index (κ3) is 3.54. The van der Waals surface area contributed by atoms with Gasteiger partial charge in [-0.1, -0.05) is 26.8 Å². The molecule has 2 aromatic rings. The first kappa shape index (κ1) is 15.8. The first-order chi connectivity index (χ1) is 9.95. The van der Waals surface area contributed by atoms with Gasteiger partial charge in [-0.3, -0.25) is 4.40 Å². The minimum absolute atomic E-state index is 0.173. The summed E-state index contributed by atoms with van der Waals surface area (Å²) in [6.45, 7) is 7.03. The van der Waals surface area contributed by atoms with Gasteiger partial charge in [-0.15, -0.1) is 0 Å². The standard InChI is InChI=1S/C14H22N4O2S/c1-4-8-15-13-14(21(19,20)16-10-11(2)3)18-9-6-5-7-12(18)17-13/h5-7,9,11,15-16H,4,8,10H2,1-3H3. The fraction of sp³-hybridized carbons (Fsp3) is 0.500. The number of fused-ring (bicyclic) bond motifs is 1. The number of nitrogens with one attached hydrogen (secondary N) is 2. The first-order valence-corrected chi connectivity index (χ1v) is 8.64. The molecule has 0 bridgehead atoms. The molecule has 0 aromatic carbocycles. The van der Waals surface area contributed by atoms with Crippen LogP contribution in [0.15, 0.2) is 29.4 Å². The zero-order valence-electron chi connectivity index (χ0n) is 12.6. The summed E-state index contributed by atoms with van der Waals surface area (Å²) in [7, 11) is -3.61. The summed E-state index contributed by atoms with van der Waals surface area (Å²) >= 11 is 0. The molecule has 0 radical (unpaired) electrons. The molecule has 0 amide bonds. The van der Waals surface area contributed by atoms with Crippen LogP contribution in [-0.2, 0) is 10.0 Å². The zero-order chi connectivity index (χ0) is 15.5. The summed E-state index contributed by atoms with van der Waals surface area (Å²) in [5.74, 6) is 0.644. The SMILES string of the molecule is CCCNc1nc2ccccn2c1S(=O)(=O)NCC(C)C. The molecule has 2 aromatic heterocycles. The minimum atomic E-state index is -3.61. The van der Waals surface area contributed by atoms with Gasteiger partial charge in [-0.2, -0.15) is 0 Å². The van der Waals surface area contributed by atoms with Crippen molar-refractivity contribution in [2.24, 2.45) is 5.92 Å². The van der Waals surface area contributed by atoms with Crippen LogP contribution in [0.1, 0.15) is 27.2 Å². The van der Waals surface area contributed by atoms with Crippen molar-refractivity contribution in [3.05, 3.63) is 24.4 Å². The number of sulfonamides is 1. The summed E-state index contributed by atoms with van der Waals surface area (Å²) in [6.07, 6.45) is 2.61. The highest BCUT2D eigenvalue weighted by atomic mass is 32.2. The fourth-order valence-electron chi connectivity index (χ4n) is 1.93. The van der Waals surface area contributed by atoms with E-state index in [0.29, 0.717) is 24.6 Å². The van der Waals surface area contributed by atoms with E-state index in [9.17, 15) is 8.42 Å². The van der Waals surface area contributed by atoms with E-state index in [4.69, 9.17) is 0 Å². The van der Waals surface area contributed by atoms with Crippen LogP contribution in [-0.4, -0.2) is 30.9 Å². The van der Waals surface area contributed by atoms with Gasteiger partial charge in [0.15, 0.2) is 10.8 Å². The van der Waals surface area contributed by atoms with E-state index in [1.165, 1.54) is 0 Å².